The van der Waals surface area contributed by atoms with Crippen LogP contribution in [0.25, 0.3) is 0 Å². The highest BCUT2D eigenvalue weighted by atomic mass is 16.5. The zero-order chi connectivity index (χ0) is 17.5. The summed E-state index contributed by atoms with van der Waals surface area (Å²) in [6.07, 6.45) is 10.2. The summed E-state index contributed by atoms with van der Waals surface area (Å²) in [6, 6.07) is 7.42. The van der Waals surface area contributed by atoms with E-state index in [0.29, 0.717) is 23.9 Å². The number of carbonyl (C=O) groups is 1. The highest BCUT2D eigenvalue weighted by molar-refractivity contribution is 5.91. The highest BCUT2D eigenvalue weighted by Gasteiger charge is 2.25. The number of nitrogens with one attached hydrogen (secondary N) is 1. The van der Waals surface area contributed by atoms with Crippen LogP contribution in [-0.4, -0.2) is 43.8 Å². The Morgan fingerprint density at radius 2 is 2.16 bits per heavy atom. The van der Waals surface area contributed by atoms with Gasteiger partial charge in [-0.25, -0.2) is 4.79 Å². The summed E-state index contributed by atoms with van der Waals surface area (Å²) in [5.41, 5.74) is 0.700. The molecule has 1 N–H and O–H groups in total. The number of urea groups is 1. The van der Waals surface area contributed by atoms with Gasteiger partial charge in [-0.15, -0.1) is 0 Å². The van der Waals surface area contributed by atoms with Gasteiger partial charge in [-0.05, 0) is 50.2 Å². The molecule has 1 aliphatic carbocycles. The Bertz CT molecular complexity index is 596. The Morgan fingerprint density at radius 3 is 2.88 bits per heavy atom. The largest absolute Gasteiger partial charge is 0.495 e. The average Bonchev–Trinajstić information content (AvgIpc) is 3.15. The number of para-hydroxylation sites is 2. The number of allylic oxidation sites excluding steroid dienone is 1. The van der Waals surface area contributed by atoms with Crippen LogP contribution in [0.4, 0.5) is 10.5 Å². The van der Waals surface area contributed by atoms with E-state index in [2.05, 4.69) is 17.5 Å². The van der Waals surface area contributed by atoms with Crippen LogP contribution in [0, 0.1) is 5.92 Å². The Balaban J connectivity index is 1.68. The smallest absolute Gasteiger partial charge is 0.322 e. The van der Waals surface area contributed by atoms with Gasteiger partial charge < -0.3 is 19.7 Å². The maximum absolute atomic E-state index is 12.9. The summed E-state index contributed by atoms with van der Waals surface area (Å²) < 4.78 is 11.1. The minimum absolute atomic E-state index is 0.0843. The van der Waals surface area contributed by atoms with E-state index in [-0.39, 0.29) is 12.1 Å². The minimum Gasteiger partial charge on any atom is -0.495 e. The molecule has 0 radical (unpaired) electrons. The maximum Gasteiger partial charge on any atom is 0.322 e. The topological polar surface area (TPSA) is 50.8 Å². The number of anilines is 1. The van der Waals surface area contributed by atoms with Crippen LogP contribution < -0.4 is 10.1 Å². The van der Waals surface area contributed by atoms with Crippen molar-refractivity contribution in [3.05, 3.63) is 36.4 Å². The van der Waals surface area contributed by atoms with E-state index in [1.807, 2.05) is 29.2 Å². The van der Waals surface area contributed by atoms with Crippen molar-refractivity contribution >= 4 is 11.7 Å². The Kier molecular flexibility index (Phi) is 6.34. The molecule has 0 aromatic heterocycles. The van der Waals surface area contributed by atoms with Crippen LogP contribution in [0.1, 0.15) is 32.1 Å². The van der Waals surface area contributed by atoms with Gasteiger partial charge in [-0.3, -0.25) is 0 Å². The number of nitrogens with zero attached hydrogens (tertiary/aromatic N) is 1. The first kappa shape index (κ1) is 17.8. The number of methoxy groups -OCH3 is 1. The van der Waals surface area contributed by atoms with Crippen LogP contribution >= 0.6 is 0 Å². The number of benzene rings is 1. The number of rotatable bonds is 6. The maximum atomic E-state index is 12.9. The third-order valence-corrected chi connectivity index (χ3v) is 4.89. The molecule has 3 rings (SSSR count). The molecule has 2 atom stereocenters. The van der Waals surface area contributed by atoms with E-state index >= 15 is 0 Å². The highest BCUT2D eigenvalue weighted by Crippen LogP contribution is 2.25. The minimum atomic E-state index is -0.0843. The molecule has 1 saturated heterocycles. The average molecular weight is 344 g/mol. The number of hydrogen-bond acceptors (Lipinski definition) is 3. The van der Waals surface area contributed by atoms with E-state index < -0.39 is 0 Å². The summed E-state index contributed by atoms with van der Waals surface area (Å²) in [5.74, 6) is 1.10. The molecule has 5 nitrogen and oxygen atoms in total. The van der Waals surface area contributed by atoms with Crippen LogP contribution in [-0.2, 0) is 4.74 Å². The summed E-state index contributed by atoms with van der Waals surface area (Å²) in [5, 5.41) is 3.01. The van der Waals surface area contributed by atoms with Gasteiger partial charge in [0.05, 0.1) is 18.9 Å². The van der Waals surface area contributed by atoms with Crippen molar-refractivity contribution < 1.29 is 14.3 Å². The van der Waals surface area contributed by atoms with Crippen LogP contribution in [0.3, 0.4) is 0 Å². The molecule has 2 amide bonds. The van der Waals surface area contributed by atoms with Crippen molar-refractivity contribution in [3.8, 4) is 5.75 Å². The van der Waals surface area contributed by atoms with Gasteiger partial charge in [0.2, 0.25) is 0 Å². The molecule has 0 bridgehead atoms. The molecule has 1 fully saturated rings. The Morgan fingerprint density at radius 1 is 1.28 bits per heavy atom. The molecule has 0 saturated carbocycles. The lowest BCUT2D eigenvalue weighted by Gasteiger charge is -2.29. The number of hydrogen-bond donors (Lipinski definition) is 1. The molecule has 136 valence electrons. The number of ether oxygens (including phenoxy) is 2. The fraction of sp³-hybridized carbons (Fsp3) is 0.550. The zero-order valence-corrected chi connectivity index (χ0v) is 14.9. The predicted molar refractivity (Wildman–Crippen MR) is 99.0 cm³/mol. The fourth-order valence-electron chi connectivity index (χ4n) is 3.53. The Labute approximate surface area is 150 Å². The molecule has 2 aliphatic rings. The van der Waals surface area contributed by atoms with Gasteiger partial charge in [0.15, 0.2) is 0 Å². The quantitative estimate of drug-likeness (QED) is 0.792. The van der Waals surface area contributed by atoms with Gasteiger partial charge in [0, 0.05) is 19.7 Å². The molecule has 25 heavy (non-hydrogen) atoms. The SMILES string of the molecule is COc1ccccc1NC(=O)N(CC1C=CCCC1)CC1CCCO1. The molecule has 1 aromatic rings. The molecule has 2 unspecified atom stereocenters. The third kappa shape index (κ3) is 4.98. The van der Waals surface area contributed by atoms with Crippen molar-refractivity contribution in [1.29, 1.82) is 0 Å². The van der Waals surface area contributed by atoms with Crippen LogP contribution in [0.2, 0.25) is 0 Å². The lowest BCUT2D eigenvalue weighted by molar-refractivity contribution is 0.0807. The molecule has 0 spiro atoms. The molecule has 5 heteroatoms. The zero-order valence-electron chi connectivity index (χ0n) is 14.9. The molecule has 1 aromatic carbocycles. The first-order chi connectivity index (χ1) is 12.3. The van der Waals surface area contributed by atoms with E-state index in [1.165, 1.54) is 6.42 Å². The van der Waals surface area contributed by atoms with Gasteiger partial charge in [-0.2, -0.15) is 0 Å². The summed E-state index contributed by atoms with van der Waals surface area (Å²) in [4.78, 5) is 14.8. The predicted octanol–water partition coefficient (Wildman–Crippen LogP) is 4.06. The number of amides is 2. The lowest BCUT2D eigenvalue weighted by Crippen LogP contribution is -2.42. The molecule has 1 aliphatic heterocycles. The van der Waals surface area contributed by atoms with Gasteiger partial charge >= 0.3 is 6.03 Å². The third-order valence-electron chi connectivity index (χ3n) is 4.89. The second kappa shape index (κ2) is 8.90. The van der Waals surface area contributed by atoms with Crippen LogP contribution in [0.15, 0.2) is 36.4 Å². The molecular weight excluding hydrogens is 316 g/mol. The van der Waals surface area contributed by atoms with Crippen LogP contribution in [0.5, 0.6) is 5.75 Å². The normalized spacial score (nSPS) is 22.6. The van der Waals surface area contributed by atoms with E-state index in [4.69, 9.17) is 9.47 Å². The van der Waals surface area contributed by atoms with E-state index in [9.17, 15) is 4.79 Å². The van der Waals surface area contributed by atoms with E-state index in [1.54, 1.807) is 7.11 Å². The molecule has 1 heterocycles. The van der Waals surface area contributed by atoms with Crippen molar-refractivity contribution in [3.63, 3.8) is 0 Å². The lowest BCUT2D eigenvalue weighted by atomic mass is 9.95. The summed E-state index contributed by atoms with van der Waals surface area (Å²) in [7, 11) is 1.61. The number of carbonyl (C=O) groups excluding carboxylic acids is 1. The summed E-state index contributed by atoms with van der Waals surface area (Å²) >= 11 is 0. The monoisotopic (exact) mass is 344 g/mol. The fourth-order valence-corrected chi connectivity index (χ4v) is 3.53. The first-order valence-corrected chi connectivity index (χ1v) is 9.23. The van der Waals surface area contributed by atoms with Gasteiger partial charge in [0.25, 0.3) is 0 Å². The van der Waals surface area contributed by atoms with Gasteiger partial charge in [-0.1, -0.05) is 24.3 Å². The van der Waals surface area contributed by atoms with Gasteiger partial charge in [0.1, 0.15) is 5.75 Å². The second-order valence-electron chi connectivity index (χ2n) is 6.79. The van der Waals surface area contributed by atoms with Crippen molar-refractivity contribution in [1.82, 2.24) is 4.90 Å². The first-order valence-electron chi connectivity index (χ1n) is 9.23. The standard InChI is InChI=1S/C20H28N2O3/c1-24-19-12-6-5-11-18(19)21-20(23)22(15-17-10-7-13-25-17)14-16-8-3-2-4-9-16/h3,5-6,8,11-12,16-17H,2,4,7,9-10,13-15H2,1H3,(H,21,23). The van der Waals surface area contributed by atoms with Crippen molar-refractivity contribution in [2.75, 3.05) is 32.1 Å². The van der Waals surface area contributed by atoms with Crippen molar-refractivity contribution in [2.24, 2.45) is 5.92 Å². The molecular formula is C20H28N2O3. The second-order valence-corrected chi connectivity index (χ2v) is 6.79. The van der Waals surface area contributed by atoms with Crippen molar-refractivity contribution in [2.45, 2.75) is 38.2 Å². The summed E-state index contributed by atoms with van der Waals surface area (Å²) in [6.45, 7) is 2.18. The van der Waals surface area contributed by atoms with E-state index in [0.717, 1.165) is 38.8 Å². The Hall–Kier alpha value is -2.01.